The molecule has 0 saturated carbocycles. The van der Waals surface area contributed by atoms with E-state index < -0.39 is 0 Å². The van der Waals surface area contributed by atoms with E-state index in [4.69, 9.17) is 4.42 Å². The Morgan fingerprint density at radius 3 is 2.81 bits per heavy atom. The molecule has 1 aromatic carbocycles. The summed E-state index contributed by atoms with van der Waals surface area (Å²) in [7, 11) is 0. The predicted octanol–water partition coefficient (Wildman–Crippen LogP) is 2.71. The molecular formula is C15H19IN4O. The molecule has 0 atom stereocenters. The van der Waals surface area contributed by atoms with Gasteiger partial charge in [-0.2, -0.15) is 0 Å². The minimum Gasteiger partial charge on any atom is -0.439 e. The van der Waals surface area contributed by atoms with Gasteiger partial charge in [0.25, 0.3) is 0 Å². The van der Waals surface area contributed by atoms with Crippen molar-refractivity contribution >= 4 is 29.9 Å². The normalized spacial score (nSPS) is 13.9. The van der Waals surface area contributed by atoms with Crippen LogP contribution in [0.3, 0.4) is 0 Å². The first kappa shape index (κ1) is 15.8. The Morgan fingerprint density at radius 2 is 2.10 bits per heavy atom. The van der Waals surface area contributed by atoms with Crippen molar-refractivity contribution in [2.24, 2.45) is 4.99 Å². The Balaban J connectivity index is 0.00000161. The van der Waals surface area contributed by atoms with Crippen LogP contribution in [0.4, 0.5) is 0 Å². The monoisotopic (exact) mass is 398 g/mol. The molecule has 2 heterocycles. The maximum atomic E-state index is 5.74. The van der Waals surface area contributed by atoms with Crippen LogP contribution in [0.5, 0.6) is 0 Å². The van der Waals surface area contributed by atoms with E-state index in [9.17, 15) is 0 Å². The van der Waals surface area contributed by atoms with Crippen molar-refractivity contribution < 1.29 is 4.42 Å². The molecule has 112 valence electrons. The van der Waals surface area contributed by atoms with E-state index in [1.165, 1.54) is 5.56 Å². The number of hydrogen-bond acceptors (Lipinski definition) is 5. The number of aromatic nitrogens is 1. The lowest BCUT2D eigenvalue weighted by Gasteiger charge is -2.14. The van der Waals surface area contributed by atoms with Gasteiger partial charge in [-0.1, -0.05) is 29.8 Å². The van der Waals surface area contributed by atoms with Crippen LogP contribution in [0.2, 0.25) is 0 Å². The van der Waals surface area contributed by atoms with Crippen molar-refractivity contribution in [2.45, 2.75) is 19.9 Å². The lowest BCUT2D eigenvalue weighted by molar-refractivity contribution is 0.496. The molecule has 2 N–H and O–H groups in total. The fourth-order valence-corrected chi connectivity index (χ4v) is 2.05. The third-order valence-corrected chi connectivity index (χ3v) is 3.19. The largest absolute Gasteiger partial charge is 0.439 e. The number of oxazole rings is 1. The maximum Gasteiger partial charge on any atom is 0.214 e. The first-order valence-electron chi connectivity index (χ1n) is 6.85. The maximum absolute atomic E-state index is 5.74. The lowest BCUT2D eigenvalue weighted by atomic mass is 10.1. The number of aryl methyl sites for hydroxylation is 1. The van der Waals surface area contributed by atoms with Crippen molar-refractivity contribution in [3.63, 3.8) is 0 Å². The molecule has 0 amide bonds. The first-order valence-corrected chi connectivity index (χ1v) is 6.85. The molecular weight excluding hydrogens is 379 g/mol. The van der Waals surface area contributed by atoms with Crippen LogP contribution in [0.15, 0.2) is 39.9 Å². The van der Waals surface area contributed by atoms with E-state index in [-0.39, 0.29) is 24.0 Å². The average molecular weight is 398 g/mol. The second kappa shape index (κ2) is 7.44. The molecule has 2 aromatic rings. The molecule has 0 aliphatic carbocycles. The van der Waals surface area contributed by atoms with Gasteiger partial charge in [-0.05, 0) is 13.3 Å². The van der Waals surface area contributed by atoms with Crippen LogP contribution in [-0.4, -0.2) is 24.0 Å². The Morgan fingerprint density at radius 1 is 1.29 bits per heavy atom. The number of benzene rings is 1. The third kappa shape index (κ3) is 4.20. The van der Waals surface area contributed by atoms with Gasteiger partial charge < -0.3 is 15.1 Å². The average Bonchev–Trinajstić information content (AvgIpc) is 2.96. The summed E-state index contributed by atoms with van der Waals surface area (Å²) in [5, 5.41) is 6.40. The Hall–Kier alpha value is -1.57. The smallest absolute Gasteiger partial charge is 0.214 e. The summed E-state index contributed by atoms with van der Waals surface area (Å²) in [5.74, 6) is 2.28. The first-order chi connectivity index (χ1) is 9.81. The molecule has 1 aromatic heterocycles. The van der Waals surface area contributed by atoms with Gasteiger partial charge in [-0.25, -0.2) is 4.98 Å². The van der Waals surface area contributed by atoms with Crippen LogP contribution in [0.25, 0.3) is 11.3 Å². The van der Waals surface area contributed by atoms with Crippen LogP contribution < -0.4 is 10.6 Å². The van der Waals surface area contributed by atoms with Crippen molar-refractivity contribution in [2.75, 3.05) is 13.1 Å². The molecule has 5 nitrogen and oxygen atoms in total. The molecule has 21 heavy (non-hydrogen) atoms. The molecule has 0 radical (unpaired) electrons. The molecule has 1 aliphatic rings. The quantitative estimate of drug-likeness (QED) is 0.781. The minimum atomic E-state index is 0. The Kier molecular flexibility index (Phi) is 5.60. The zero-order valence-corrected chi connectivity index (χ0v) is 14.3. The van der Waals surface area contributed by atoms with E-state index in [2.05, 4.69) is 39.7 Å². The molecule has 0 spiro atoms. The molecule has 0 bridgehead atoms. The van der Waals surface area contributed by atoms with Gasteiger partial charge in [0.1, 0.15) is 0 Å². The highest BCUT2D eigenvalue weighted by Crippen LogP contribution is 2.20. The van der Waals surface area contributed by atoms with Crippen LogP contribution in [-0.2, 0) is 6.54 Å². The summed E-state index contributed by atoms with van der Waals surface area (Å²) in [6.45, 7) is 4.44. The van der Waals surface area contributed by atoms with Gasteiger partial charge in [0.2, 0.25) is 5.89 Å². The number of guanidine groups is 1. The van der Waals surface area contributed by atoms with Crippen LogP contribution >= 0.6 is 24.0 Å². The highest BCUT2D eigenvalue weighted by molar-refractivity contribution is 14.0. The van der Waals surface area contributed by atoms with Gasteiger partial charge in [0.15, 0.2) is 11.7 Å². The second-order valence-corrected chi connectivity index (χ2v) is 4.85. The molecule has 3 rings (SSSR count). The summed E-state index contributed by atoms with van der Waals surface area (Å²) in [5.41, 5.74) is 2.28. The fraction of sp³-hybridized carbons (Fsp3) is 0.333. The standard InChI is InChI=1S/C15H18N4O.HI/c1-11-3-5-12(6-4-11)13-9-18-14(20-13)10-19-15-16-7-2-8-17-15;/h3-6,9H,2,7-8,10H2,1H3,(H2,16,17,19);1H. The summed E-state index contributed by atoms with van der Waals surface area (Å²) >= 11 is 0. The van der Waals surface area contributed by atoms with Gasteiger partial charge in [0.05, 0.1) is 12.7 Å². The van der Waals surface area contributed by atoms with Crippen molar-refractivity contribution in [3.05, 3.63) is 41.9 Å². The van der Waals surface area contributed by atoms with E-state index in [0.29, 0.717) is 12.4 Å². The van der Waals surface area contributed by atoms with Gasteiger partial charge in [0, 0.05) is 18.7 Å². The number of aliphatic imine (C=N–C) groups is 1. The third-order valence-electron chi connectivity index (χ3n) is 3.19. The molecule has 0 fully saturated rings. The number of halogens is 1. The molecule has 1 aliphatic heterocycles. The highest BCUT2D eigenvalue weighted by Gasteiger charge is 2.08. The minimum absolute atomic E-state index is 0. The van der Waals surface area contributed by atoms with Crippen molar-refractivity contribution in [1.29, 1.82) is 0 Å². The van der Waals surface area contributed by atoms with Gasteiger partial charge >= 0.3 is 0 Å². The van der Waals surface area contributed by atoms with Crippen LogP contribution in [0, 0.1) is 6.92 Å². The second-order valence-electron chi connectivity index (χ2n) is 4.85. The van der Waals surface area contributed by atoms with Gasteiger partial charge in [-0.3, -0.25) is 4.99 Å². The predicted molar refractivity (Wildman–Crippen MR) is 93.9 cm³/mol. The zero-order valence-electron chi connectivity index (χ0n) is 11.9. The summed E-state index contributed by atoms with van der Waals surface area (Å²) in [6.07, 6.45) is 2.85. The fourth-order valence-electron chi connectivity index (χ4n) is 2.05. The molecule has 0 unspecified atom stereocenters. The number of nitrogens with one attached hydrogen (secondary N) is 2. The summed E-state index contributed by atoms with van der Waals surface area (Å²) in [6, 6.07) is 8.21. The van der Waals surface area contributed by atoms with Crippen molar-refractivity contribution in [1.82, 2.24) is 15.6 Å². The Bertz CT molecular complexity index is 606. The SMILES string of the molecule is Cc1ccc(-c2cnc(CNC3=NCCCN3)o2)cc1.I. The molecule has 0 saturated heterocycles. The molecule has 6 heteroatoms. The zero-order chi connectivity index (χ0) is 13.8. The highest BCUT2D eigenvalue weighted by atomic mass is 127. The van der Waals surface area contributed by atoms with Crippen molar-refractivity contribution in [3.8, 4) is 11.3 Å². The van der Waals surface area contributed by atoms with E-state index in [1.54, 1.807) is 6.20 Å². The number of rotatable bonds is 3. The Labute approximate surface area is 141 Å². The topological polar surface area (TPSA) is 62.5 Å². The number of nitrogens with zero attached hydrogens (tertiary/aromatic N) is 2. The van der Waals surface area contributed by atoms with E-state index in [0.717, 1.165) is 36.8 Å². The van der Waals surface area contributed by atoms with Crippen LogP contribution in [0.1, 0.15) is 17.9 Å². The van der Waals surface area contributed by atoms with E-state index >= 15 is 0 Å². The summed E-state index contributed by atoms with van der Waals surface area (Å²) in [4.78, 5) is 8.63. The summed E-state index contributed by atoms with van der Waals surface area (Å²) < 4.78 is 5.74. The van der Waals surface area contributed by atoms with Gasteiger partial charge in [-0.15, -0.1) is 24.0 Å². The van der Waals surface area contributed by atoms with E-state index in [1.807, 2.05) is 12.1 Å². The lowest BCUT2D eigenvalue weighted by Crippen LogP contribution is -2.40. The number of hydrogen-bond donors (Lipinski definition) is 2.